The molecule has 0 aliphatic rings. The van der Waals surface area contributed by atoms with Crippen LogP contribution in [0.15, 0.2) is 59.1 Å². The summed E-state index contributed by atoms with van der Waals surface area (Å²) < 4.78 is 15.5. The Bertz CT molecular complexity index is 854. The number of nitrogens with one attached hydrogen (secondary N) is 1. The fourth-order valence-electron chi connectivity index (χ4n) is 2.48. The lowest BCUT2D eigenvalue weighted by atomic mass is 10.1. The van der Waals surface area contributed by atoms with Crippen LogP contribution in [-0.2, 0) is 6.42 Å². The molecule has 1 N–H and O–H groups in total. The summed E-state index contributed by atoms with van der Waals surface area (Å²) in [6.45, 7) is 0.510. The lowest BCUT2D eigenvalue weighted by Crippen LogP contribution is -2.25. The minimum absolute atomic E-state index is 0.255. The molecule has 2 aromatic carbocycles. The molecule has 0 saturated heterocycles. The molecule has 3 aromatic rings. The highest BCUT2D eigenvalue weighted by molar-refractivity contribution is 5.93. The van der Waals surface area contributed by atoms with Crippen LogP contribution in [0.25, 0.3) is 11.3 Å². The number of amides is 1. The third-order valence-corrected chi connectivity index (χ3v) is 3.98. The minimum atomic E-state index is -0.262. The van der Waals surface area contributed by atoms with Crippen molar-refractivity contribution in [1.29, 1.82) is 0 Å². The maximum atomic E-state index is 12.2. The van der Waals surface area contributed by atoms with E-state index in [9.17, 15) is 4.79 Å². The number of methoxy groups -OCH3 is 2. The first kappa shape index (κ1) is 17.5. The number of ether oxygens (including phenoxy) is 2. The number of benzene rings is 2. The van der Waals surface area contributed by atoms with E-state index in [2.05, 4.69) is 10.5 Å². The molecule has 0 atom stereocenters. The molecule has 0 unspecified atom stereocenters. The maximum Gasteiger partial charge on any atom is 0.273 e. The quantitative estimate of drug-likeness (QED) is 0.706. The zero-order chi connectivity index (χ0) is 18.4. The third-order valence-electron chi connectivity index (χ3n) is 3.98. The fourth-order valence-corrected chi connectivity index (χ4v) is 2.48. The highest BCUT2D eigenvalue weighted by atomic mass is 16.5. The van der Waals surface area contributed by atoms with Gasteiger partial charge in [0.05, 0.1) is 14.2 Å². The van der Waals surface area contributed by atoms with Gasteiger partial charge in [-0.2, -0.15) is 0 Å². The Morgan fingerprint density at radius 2 is 1.62 bits per heavy atom. The van der Waals surface area contributed by atoms with Crippen molar-refractivity contribution in [3.05, 3.63) is 65.9 Å². The van der Waals surface area contributed by atoms with Gasteiger partial charge >= 0.3 is 0 Å². The summed E-state index contributed by atoms with van der Waals surface area (Å²) in [5, 5.41) is 6.69. The second-order valence-electron chi connectivity index (χ2n) is 5.66. The Morgan fingerprint density at radius 3 is 2.23 bits per heavy atom. The summed E-state index contributed by atoms with van der Waals surface area (Å²) in [6.07, 6.45) is 0.721. The molecule has 1 aromatic heterocycles. The van der Waals surface area contributed by atoms with Crippen molar-refractivity contribution in [2.45, 2.75) is 6.42 Å². The highest BCUT2D eigenvalue weighted by Crippen LogP contribution is 2.23. The van der Waals surface area contributed by atoms with E-state index in [1.807, 2.05) is 48.5 Å². The van der Waals surface area contributed by atoms with E-state index in [0.29, 0.717) is 12.3 Å². The van der Waals surface area contributed by atoms with E-state index in [-0.39, 0.29) is 11.6 Å². The first-order valence-corrected chi connectivity index (χ1v) is 8.22. The topological polar surface area (TPSA) is 73.6 Å². The van der Waals surface area contributed by atoms with Crippen molar-refractivity contribution in [3.63, 3.8) is 0 Å². The van der Waals surface area contributed by atoms with Gasteiger partial charge in [0.15, 0.2) is 11.5 Å². The van der Waals surface area contributed by atoms with E-state index >= 15 is 0 Å². The van der Waals surface area contributed by atoms with Gasteiger partial charge in [0.25, 0.3) is 5.91 Å². The van der Waals surface area contributed by atoms with Crippen LogP contribution in [-0.4, -0.2) is 31.8 Å². The smallest absolute Gasteiger partial charge is 0.273 e. The highest BCUT2D eigenvalue weighted by Gasteiger charge is 2.13. The molecule has 1 amide bonds. The first-order chi connectivity index (χ1) is 12.7. The van der Waals surface area contributed by atoms with Gasteiger partial charge in [-0.05, 0) is 48.4 Å². The largest absolute Gasteiger partial charge is 0.497 e. The van der Waals surface area contributed by atoms with Crippen LogP contribution in [0.1, 0.15) is 16.1 Å². The number of rotatable bonds is 7. The maximum absolute atomic E-state index is 12.2. The monoisotopic (exact) mass is 352 g/mol. The fraction of sp³-hybridized carbons (Fsp3) is 0.200. The SMILES string of the molecule is COc1ccc(CCNC(=O)c2cc(-c3ccc(OC)cc3)on2)cc1. The van der Waals surface area contributed by atoms with Crippen molar-refractivity contribution in [1.82, 2.24) is 10.5 Å². The average molecular weight is 352 g/mol. The lowest BCUT2D eigenvalue weighted by molar-refractivity contribution is 0.0945. The number of hydrogen-bond donors (Lipinski definition) is 1. The molecule has 6 heteroatoms. The van der Waals surface area contributed by atoms with Crippen molar-refractivity contribution in [2.75, 3.05) is 20.8 Å². The second-order valence-corrected chi connectivity index (χ2v) is 5.66. The van der Waals surface area contributed by atoms with E-state index in [0.717, 1.165) is 29.0 Å². The molecule has 0 aliphatic heterocycles. The number of aromatic nitrogens is 1. The van der Waals surface area contributed by atoms with Crippen LogP contribution < -0.4 is 14.8 Å². The Balaban J connectivity index is 1.55. The first-order valence-electron chi connectivity index (χ1n) is 8.22. The van der Waals surface area contributed by atoms with E-state index in [1.54, 1.807) is 20.3 Å². The summed E-state index contributed by atoms with van der Waals surface area (Å²) in [6, 6.07) is 16.7. The van der Waals surface area contributed by atoms with Crippen molar-refractivity contribution < 1.29 is 18.8 Å². The molecule has 0 aliphatic carbocycles. The van der Waals surface area contributed by atoms with Gasteiger partial charge in [-0.3, -0.25) is 4.79 Å². The summed E-state index contributed by atoms with van der Waals surface area (Å²) >= 11 is 0. The molecule has 3 rings (SSSR count). The molecule has 0 fully saturated rings. The number of nitrogens with zero attached hydrogens (tertiary/aromatic N) is 1. The van der Waals surface area contributed by atoms with Crippen molar-refractivity contribution in [2.24, 2.45) is 0 Å². The van der Waals surface area contributed by atoms with Crippen LogP contribution in [0.4, 0.5) is 0 Å². The van der Waals surface area contributed by atoms with Gasteiger partial charge in [0.1, 0.15) is 11.5 Å². The summed E-state index contributed by atoms with van der Waals surface area (Å²) in [7, 11) is 3.24. The standard InChI is InChI=1S/C20H20N2O4/c1-24-16-7-3-14(4-8-16)11-12-21-20(23)18-13-19(26-22-18)15-5-9-17(25-2)10-6-15/h3-10,13H,11-12H2,1-2H3,(H,21,23). The number of carbonyl (C=O) groups is 1. The molecular weight excluding hydrogens is 332 g/mol. The zero-order valence-electron chi connectivity index (χ0n) is 14.7. The van der Waals surface area contributed by atoms with Crippen LogP contribution >= 0.6 is 0 Å². The van der Waals surface area contributed by atoms with Gasteiger partial charge in [0, 0.05) is 18.2 Å². The van der Waals surface area contributed by atoms with Crippen molar-refractivity contribution in [3.8, 4) is 22.8 Å². The van der Waals surface area contributed by atoms with Crippen LogP contribution in [0.5, 0.6) is 11.5 Å². The van der Waals surface area contributed by atoms with E-state index in [4.69, 9.17) is 14.0 Å². The molecule has 0 radical (unpaired) electrons. The molecule has 0 saturated carbocycles. The second kappa shape index (κ2) is 8.20. The summed E-state index contributed by atoms with van der Waals surface area (Å²) in [5.41, 5.74) is 2.20. The van der Waals surface area contributed by atoms with E-state index in [1.165, 1.54) is 0 Å². The average Bonchev–Trinajstić information content (AvgIpc) is 3.19. The predicted octanol–water partition coefficient (Wildman–Crippen LogP) is 3.33. The van der Waals surface area contributed by atoms with Gasteiger partial charge in [0.2, 0.25) is 0 Å². The molecule has 0 spiro atoms. The number of hydrogen-bond acceptors (Lipinski definition) is 5. The lowest BCUT2D eigenvalue weighted by Gasteiger charge is -2.04. The summed E-state index contributed by atoms with van der Waals surface area (Å²) in [5.74, 6) is 1.84. The van der Waals surface area contributed by atoms with Gasteiger partial charge in [-0.1, -0.05) is 17.3 Å². The molecule has 134 valence electrons. The molecule has 1 heterocycles. The van der Waals surface area contributed by atoms with Crippen LogP contribution in [0, 0.1) is 0 Å². The van der Waals surface area contributed by atoms with Gasteiger partial charge in [-0.15, -0.1) is 0 Å². The Morgan fingerprint density at radius 1 is 1.00 bits per heavy atom. The third kappa shape index (κ3) is 4.22. The molecule has 0 bridgehead atoms. The Hall–Kier alpha value is -3.28. The minimum Gasteiger partial charge on any atom is -0.497 e. The molecular formula is C20H20N2O4. The Kier molecular flexibility index (Phi) is 5.53. The summed E-state index contributed by atoms with van der Waals surface area (Å²) in [4.78, 5) is 12.2. The van der Waals surface area contributed by atoms with Gasteiger partial charge in [-0.25, -0.2) is 0 Å². The molecule has 6 nitrogen and oxygen atoms in total. The normalized spacial score (nSPS) is 10.4. The predicted molar refractivity (Wildman–Crippen MR) is 97.5 cm³/mol. The van der Waals surface area contributed by atoms with Gasteiger partial charge < -0.3 is 19.3 Å². The van der Waals surface area contributed by atoms with Crippen LogP contribution in [0.3, 0.4) is 0 Å². The molecule has 26 heavy (non-hydrogen) atoms. The Labute approximate surface area is 151 Å². The van der Waals surface area contributed by atoms with Crippen LogP contribution in [0.2, 0.25) is 0 Å². The van der Waals surface area contributed by atoms with E-state index < -0.39 is 0 Å². The number of carbonyl (C=O) groups excluding carboxylic acids is 1. The van der Waals surface area contributed by atoms with Crippen molar-refractivity contribution >= 4 is 5.91 Å². The zero-order valence-corrected chi connectivity index (χ0v) is 14.7.